The molecule has 0 saturated carbocycles. The SMILES string of the molecule is CCCOCCOCCNC(=O)c1ccc(C(=O)C(CS(=O)(=O)c2ccc(C)cc2)CS(=O)(=O)c2ccc(C)cc2)cc1. The van der Waals surface area contributed by atoms with Crippen molar-refractivity contribution in [3.05, 3.63) is 95.1 Å². The van der Waals surface area contributed by atoms with Gasteiger partial charge in [0.1, 0.15) is 0 Å². The van der Waals surface area contributed by atoms with Crippen molar-refractivity contribution in [3.63, 3.8) is 0 Å². The number of hydrogen-bond donors (Lipinski definition) is 1. The van der Waals surface area contributed by atoms with Crippen LogP contribution in [0.5, 0.6) is 0 Å². The second kappa shape index (κ2) is 15.9. The zero-order valence-corrected chi connectivity index (χ0v) is 26.4. The number of sulfone groups is 2. The minimum Gasteiger partial charge on any atom is -0.379 e. The summed E-state index contributed by atoms with van der Waals surface area (Å²) in [7, 11) is -8.01. The first-order chi connectivity index (χ1) is 20.4. The van der Waals surface area contributed by atoms with Crippen molar-refractivity contribution in [2.45, 2.75) is 37.0 Å². The van der Waals surface area contributed by atoms with E-state index in [0.29, 0.717) is 32.0 Å². The summed E-state index contributed by atoms with van der Waals surface area (Å²) in [6, 6.07) is 18.1. The summed E-state index contributed by atoms with van der Waals surface area (Å²) in [6.07, 6.45) is 0.931. The Morgan fingerprint density at radius 3 is 1.56 bits per heavy atom. The van der Waals surface area contributed by atoms with Crippen LogP contribution in [0.2, 0.25) is 0 Å². The average Bonchev–Trinajstić information content (AvgIpc) is 2.98. The molecule has 1 amide bonds. The largest absolute Gasteiger partial charge is 0.379 e. The Kier molecular flexibility index (Phi) is 12.6. The third-order valence-electron chi connectivity index (χ3n) is 6.66. The highest BCUT2D eigenvalue weighted by molar-refractivity contribution is 7.92. The Morgan fingerprint density at radius 1 is 0.651 bits per heavy atom. The lowest BCUT2D eigenvalue weighted by atomic mass is 9.99. The number of benzene rings is 3. The van der Waals surface area contributed by atoms with Crippen molar-refractivity contribution in [2.75, 3.05) is 44.5 Å². The zero-order valence-electron chi connectivity index (χ0n) is 24.7. The number of carbonyl (C=O) groups is 2. The number of Topliss-reactive ketones (excluding diaryl/α,β-unsaturated/α-hetero) is 1. The maximum Gasteiger partial charge on any atom is 0.251 e. The van der Waals surface area contributed by atoms with Gasteiger partial charge >= 0.3 is 0 Å². The van der Waals surface area contributed by atoms with Crippen molar-refractivity contribution in [1.29, 1.82) is 0 Å². The van der Waals surface area contributed by atoms with E-state index in [9.17, 15) is 26.4 Å². The lowest BCUT2D eigenvalue weighted by molar-refractivity contribution is 0.0485. The van der Waals surface area contributed by atoms with Crippen molar-refractivity contribution in [3.8, 4) is 0 Å². The van der Waals surface area contributed by atoms with E-state index >= 15 is 0 Å². The Labute approximate surface area is 254 Å². The van der Waals surface area contributed by atoms with E-state index in [1.165, 1.54) is 48.5 Å². The number of aryl methyl sites for hydroxylation is 2. The number of hydrogen-bond acceptors (Lipinski definition) is 8. The van der Waals surface area contributed by atoms with Crippen molar-refractivity contribution in [2.24, 2.45) is 5.92 Å². The van der Waals surface area contributed by atoms with Crippen LogP contribution in [0, 0.1) is 19.8 Å². The summed E-state index contributed by atoms with van der Waals surface area (Å²) in [5, 5.41) is 2.73. The van der Waals surface area contributed by atoms with Gasteiger partial charge in [-0.25, -0.2) is 16.8 Å². The predicted molar refractivity (Wildman–Crippen MR) is 165 cm³/mol. The molecule has 3 aromatic carbocycles. The maximum atomic E-state index is 13.6. The van der Waals surface area contributed by atoms with Crippen LogP contribution in [-0.2, 0) is 29.1 Å². The quantitative estimate of drug-likeness (QED) is 0.173. The molecular formula is C32H39NO8S2. The summed E-state index contributed by atoms with van der Waals surface area (Å²) >= 11 is 0. The first-order valence-corrected chi connectivity index (χ1v) is 17.4. The van der Waals surface area contributed by atoms with Crippen molar-refractivity contribution in [1.82, 2.24) is 5.32 Å². The molecule has 0 fully saturated rings. The van der Waals surface area contributed by atoms with Crippen LogP contribution in [0.1, 0.15) is 45.2 Å². The molecule has 0 unspecified atom stereocenters. The standard InChI is InChI=1S/C32H39NO8S2/c1-4-18-40-20-21-41-19-17-33-32(35)27-11-9-26(10-12-27)31(34)28(22-42(36,37)29-13-5-24(2)6-14-29)23-43(38,39)30-15-7-25(3)8-16-30/h5-16,28H,4,17-23H2,1-3H3,(H,33,35). The minimum atomic E-state index is -4.00. The van der Waals surface area contributed by atoms with Crippen LogP contribution >= 0.6 is 0 Å². The lowest BCUT2D eigenvalue weighted by Crippen LogP contribution is -2.31. The van der Waals surface area contributed by atoms with Gasteiger partial charge in [0.15, 0.2) is 25.5 Å². The molecule has 0 aliphatic rings. The molecule has 0 bridgehead atoms. The van der Waals surface area contributed by atoms with Crippen LogP contribution in [0.3, 0.4) is 0 Å². The number of rotatable bonds is 17. The fraction of sp³-hybridized carbons (Fsp3) is 0.375. The van der Waals surface area contributed by atoms with Gasteiger partial charge in [-0.2, -0.15) is 0 Å². The number of carbonyl (C=O) groups excluding carboxylic acids is 2. The van der Waals surface area contributed by atoms with Crippen molar-refractivity contribution < 1.29 is 35.9 Å². The summed E-state index contributed by atoms with van der Waals surface area (Å²) in [6.45, 7) is 7.83. The molecule has 0 radical (unpaired) electrons. The second-order valence-electron chi connectivity index (χ2n) is 10.3. The molecule has 0 heterocycles. The van der Waals surface area contributed by atoms with Gasteiger partial charge in [-0.15, -0.1) is 0 Å². The average molecular weight is 630 g/mol. The smallest absolute Gasteiger partial charge is 0.251 e. The highest BCUT2D eigenvalue weighted by atomic mass is 32.2. The highest BCUT2D eigenvalue weighted by Crippen LogP contribution is 2.23. The van der Waals surface area contributed by atoms with Gasteiger partial charge in [0.25, 0.3) is 5.91 Å². The first-order valence-electron chi connectivity index (χ1n) is 14.1. The molecule has 3 aromatic rings. The Morgan fingerprint density at radius 2 is 1.09 bits per heavy atom. The molecule has 9 nitrogen and oxygen atoms in total. The zero-order chi connectivity index (χ0) is 31.5. The van der Waals surface area contributed by atoms with E-state index in [1.54, 1.807) is 24.3 Å². The molecule has 3 rings (SSSR count). The Balaban J connectivity index is 1.74. The highest BCUT2D eigenvalue weighted by Gasteiger charge is 2.32. The molecule has 0 aliphatic heterocycles. The Bertz CT molecular complexity index is 1490. The summed E-state index contributed by atoms with van der Waals surface area (Å²) in [5.74, 6) is -3.77. The Hall–Kier alpha value is -3.38. The fourth-order valence-electron chi connectivity index (χ4n) is 4.24. The van der Waals surface area contributed by atoms with E-state index in [4.69, 9.17) is 9.47 Å². The lowest BCUT2D eigenvalue weighted by Gasteiger charge is -2.17. The van der Waals surface area contributed by atoms with Crippen LogP contribution in [0.4, 0.5) is 0 Å². The van der Waals surface area contributed by atoms with Gasteiger partial charge in [-0.05, 0) is 56.7 Å². The maximum absolute atomic E-state index is 13.6. The first kappa shape index (κ1) is 34.1. The van der Waals surface area contributed by atoms with E-state index < -0.39 is 42.9 Å². The summed E-state index contributed by atoms with van der Waals surface area (Å²) in [5.41, 5.74) is 2.12. The van der Waals surface area contributed by atoms with E-state index in [2.05, 4.69) is 5.32 Å². The van der Waals surface area contributed by atoms with Gasteiger partial charge in [0.05, 0.1) is 47.0 Å². The van der Waals surface area contributed by atoms with E-state index in [-0.39, 0.29) is 27.8 Å². The molecule has 0 atom stereocenters. The predicted octanol–water partition coefficient (Wildman–Crippen LogP) is 4.22. The molecule has 0 spiro atoms. The number of amides is 1. The minimum absolute atomic E-state index is 0.00752. The van der Waals surface area contributed by atoms with Gasteiger partial charge in [-0.1, -0.05) is 54.4 Å². The van der Waals surface area contributed by atoms with Crippen molar-refractivity contribution >= 4 is 31.4 Å². The third-order valence-corrected chi connectivity index (χ3v) is 10.3. The molecule has 0 aliphatic carbocycles. The molecule has 0 saturated heterocycles. The summed E-state index contributed by atoms with van der Waals surface area (Å²) < 4.78 is 63.9. The number of ketones is 1. The molecular weight excluding hydrogens is 590 g/mol. The van der Waals surface area contributed by atoms with Gasteiger partial charge in [0, 0.05) is 24.3 Å². The van der Waals surface area contributed by atoms with Crippen LogP contribution in [-0.4, -0.2) is 73.0 Å². The molecule has 1 N–H and O–H groups in total. The topological polar surface area (TPSA) is 133 Å². The van der Waals surface area contributed by atoms with Crippen LogP contribution in [0.25, 0.3) is 0 Å². The molecule has 0 aromatic heterocycles. The van der Waals surface area contributed by atoms with E-state index in [1.807, 2.05) is 20.8 Å². The van der Waals surface area contributed by atoms with E-state index in [0.717, 1.165) is 17.5 Å². The van der Waals surface area contributed by atoms with Gasteiger partial charge < -0.3 is 14.8 Å². The normalized spacial score (nSPS) is 11.9. The monoisotopic (exact) mass is 629 g/mol. The van der Waals surface area contributed by atoms with Gasteiger partial charge in [0.2, 0.25) is 0 Å². The second-order valence-corrected chi connectivity index (χ2v) is 14.4. The fourth-order valence-corrected chi connectivity index (χ4v) is 7.47. The molecule has 43 heavy (non-hydrogen) atoms. The molecule has 11 heteroatoms. The van der Waals surface area contributed by atoms with Crippen LogP contribution in [0.15, 0.2) is 82.6 Å². The third kappa shape index (κ3) is 10.4. The van der Waals surface area contributed by atoms with Gasteiger partial charge in [-0.3, -0.25) is 9.59 Å². The summed E-state index contributed by atoms with van der Waals surface area (Å²) in [4.78, 5) is 26.2. The number of ether oxygens (including phenoxy) is 2. The molecule has 232 valence electrons. The number of nitrogens with one attached hydrogen (secondary N) is 1. The van der Waals surface area contributed by atoms with Crippen LogP contribution < -0.4 is 5.32 Å².